The number of hydrogen-bond acceptors (Lipinski definition) is 5. The van der Waals surface area contributed by atoms with Crippen LogP contribution in [0, 0.1) is 0 Å². The topological polar surface area (TPSA) is 88.1 Å². The number of hydrazone groups is 1. The molecule has 0 saturated carbocycles. The molecule has 13 heteroatoms. The minimum atomic E-state index is -4.85. The Labute approximate surface area is 250 Å². The highest BCUT2D eigenvalue weighted by Gasteiger charge is 2.35. The summed E-state index contributed by atoms with van der Waals surface area (Å²) in [6.45, 7) is -0.591. The lowest BCUT2D eigenvalue weighted by Gasteiger charge is -2.24. The number of carbonyl (C=O) groups excluding carboxylic acids is 1. The molecule has 4 aromatic rings. The molecule has 7 nitrogen and oxygen atoms in total. The average molecular weight is 636 g/mol. The first-order valence-electron chi connectivity index (χ1n) is 12.2. The van der Waals surface area contributed by atoms with Gasteiger partial charge in [0.15, 0.2) is 0 Å². The zero-order valence-electron chi connectivity index (χ0n) is 21.6. The zero-order chi connectivity index (χ0) is 30.3. The van der Waals surface area contributed by atoms with Crippen LogP contribution in [-0.2, 0) is 27.6 Å². The van der Waals surface area contributed by atoms with Crippen LogP contribution in [0.5, 0.6) is 5.75 Å². The molecule has 218 valence electrons. The van der Waals surface area contributed by atoms with E-state index in [1.165, 1.54) is 30.5 Å². The normalized spacial score (nSPS) is 11.8. The molecule has 0 fully saturated rings. The Morgan fingerprint density at radius 2 is 1.57 bits per heavy atom. The molecular weight excluding hydrogens is 614 g/mol. The minimum Gasteiger partial charge on any atom is -0.489 e. The van der Waals surface area contributed by atoms with E-state index in [0.29, 0.717) is 26.7 Å². The van der Waals surface area contributed by atoms with Crippen molar-refractivity contribution in [2.75, 3.05) is 10.8 Å². The summed E-state index contributed by atoms with van der Waals surface area (Å²) in [5.74, 6) is -0.326. The summed E-state index contributed by atoms with van der Waals surface area (Å²) in [4.78, 5) is 12.5. The lowest BCUT2D eigenvalue weighted by Crippen LogP contribution is -2.39. The SMILES string of the molecule is O=C(CN(c1ccc(Cl)c(C(F)(F)F)c1)S(=O)(=O)c1ccccc1)N/N=C\c1ccc(OCc2ccccc2Cl)cc1. The van der Waals surface area contributed by atoms with E-state index in [-0.39, 0.29) is 11.5 Å². The first kappa shape index (κ1) is 30.9. The summed E-state index contributed by atoms with van der Waals surface area (Å²) in [5, 5.41) is 3.82. The van der Waals surface area contributed by atoms with Crippen LogP contribution >= 0.6 is 23.2 Å². The van der Waals surface area contributed by atoms with Gasteiger partial charge in [0.1, 0.15) is 18.9 Å². The smallest absolute Gasteiger partial charge is 0.417 e. The van der Waals surface area contributed by atoms with Crippen molar-refractivity contribution in [2.24, 2.45) is 5.10 Å². The van der Waals surface area contributed by atoms with E-state index in [1.54, 1.807) is 36.4 Å². The maximum Gasteiger partial charge on any atom is 0.417 e. The van der Waals surface area contributed by atoms with Crippen molar-refractivity contribution < 1.29 is 31.1 Å². The number of benzene rings is 4. The van der Waals surface area contributed by atoms with Gasteiger partial charge in [0.05, 0.1) is 27.4 Å². The van der Waals surface area contributed by atoms with Crippen molar-refractivity contribution >= 4 is 51.0 Å². The predicted octanol–water partition coefficient (Wildman–Crippen LogP) is 6.94. The minimum absolute atomic E-state index is 0.221. The average Bonchev–Trinajstić information content (AvgIpc) is 2.96. The summed E-state index contributed by atoms with van der Waals surface area (Å²) >= 11 is 11.8. The summed E-state index contributed by atoms with van der Waals surface area (Å²) in [6.07, 6.45) is -3.53. The molecule has 0 aliphatic carbocycles. The molecule has 4 rings (SSSR count). The monoisotopic (exact) mass is 635 g/mol. The molecule has 0 saturated heterocycles. The first-order valence-corrected chi connectivity index (χ1v) is 14.4. The molecule has 42 heavy (non-hydrogen) atoms. The van der Waals surface area contributed by atoms with Crippen LogP contribution in [-0.4, -0.2) is 27.1 Å². The Morgan fingerprint density at radius 3 is 2.24 bits per heavy atom. The van der Waals surface area contributed by atoms with Crippen LogP contribution in [0.1, 0.15) is 16.7 Å². The van der Waals surface area contributed by atoms with Crippen molar-refractivity contribution in [3.8, 4) is 5.75 Å². The predicted molar refractivity (Wildman–Crippen MR) is 155 cm³/mol. The number of halogens is 5. The van der Waals surface area contributed by atoms with Gasteiger partial charge in [0.25, 0.3) is 15.9 Å². The molecule has 1 amide bonds. The van der Waals surface area contributed by atoms with E-state index >= 15 is 0 Å². The van der Waals surface area contributed by atoms with E-state index < -0.39 is 44.9 Å². The van der Waals surface area contributed by atoms with Crippen molar-refractivity contribution in [1.82, 2.24) is 5.43 Å². The van der Waals surface area contributed by atoms with E-state index in [1.807, 2.05) is 18.2 Å². The van der Waals surface area contributed by atoms with Crippen molar-refractivity contribution in [2.45, 2.75) is 17.7 Å². The van der Waals surface area contributed by atoms with Gasteiger partial charge in [-0.15, -0.1) is 0 Å². The third-order valence-electron chi connectivity index (χ3n) is 5.80. The fourth-order valence-corrected chi connectivity index (χ4v) is 5.54. The van der Waals surface area contributed by atoms with E-state index in [0.717, 1.165) is 17.7 Å². The molecule has 0 radical (unpaired) electrons. The van der Waals surface area contributed by atoms with Crippen LogP contribution in [0.15, 0.2) is 107 Å². The second-order valence-electron chi connectivity index (χ2n) is 8.73. The lowest BCUT2D eigenvalue weighted by atomic mass is 10.2. The van der Waals surface area contributed by atoms with Crippen LogP contribution in [0.25, 0.3) is 0 Å². The van der Waals surface area contributed by atoms with Gasteiger partial charge in [0, 0.05) is 10.6 Å². The molecule has 0 unspecified atom stereocenters. The van der Waals surface area contributed by atoms with Gasteiger partial charge in [-0.3, -0.25) is 9.10 Å². The van der Waals surface area contributed by atoms with Gasteiger partial charge in [0.2, 0.25) is 0 Å². The Balaban J connectivity index is 1.47. The summed E-state index contributed by atoms with van der Waals surface area (Å²) in [7, 11) is -4.45. The number of alkyl halides is 3. The highest BCUT2D eigenvalue weighted by molar-refractivity contribution is 7.92. The third-order valence-corrected chi connectivity index (χ3v) is 8.28. The molecule has 0 aromatic heterocycles. The molecule has 4 aromatic carbocycles. The Hall–Kier alpha value is -4.06. The molecule has 0 heterocycles. The van der Waals surface area contributed by atoms with Gasteiger partial charge in [-0.05, 0) is 66.2 Å². The zero-order valence-corrected chi connectivity index (χ0v) is 23.9. The van der Waals surface area contributed by atoms with Crippen LogP contribution in [0.4, 0.5) is 18.9 Å². The summed E-state index contributed by atoms with van der Waals surface area (Å²) in [6, 6.07) is 23.6. The fraction of sp³-hybridized carbons (Fsp3) is 0.103. The van der Waals surface area contributed by atoms with Crippen molar-refractivity contribution in [3.05, 3.63) is 124 Å². The van der Waals surface area contributed by atoms with Gasteiger partial charge in [-0.1, -0.05) is 59.6 Å². The highest BCUT2D eigenvalue weighted by Crippen LogP contribution is 2.38. The number of anilines is 1. The number of sulfonamides is 1. The van der Waals surface area contributed by atoms with Crippen LogP contribution in [0.3, 0.4) is 0 Å². The summed E-state index contributed by atoms with van der Waals surface area (Å²) in [5.41, 5.74) is 1.97. The fourth-order valence-electron chi connectivity index (χ4n) is 3.69. The Bertz CT molecular complexity index is 1680. The molecular formula is C29H22Cl2F3N3O4S. The second-order valence-corrected chi connectivity index (χ2v) is 11.4. The van der Waals surface area contributed by atoms with Crippen molar-refractivity contribution in [3.63, 3.8) is 0 Å². The molecule has 0 aliphatic heterocycles. The van der Waals surface area contributed by atoms with Gasteiger partial charge in [-0.2, -0.15) is 18.3 Å². The van der Waals surface area contributed by atoms with Crippen LogP contribution < -0.4 is 14.5 Å². The molecule has 0 aliphatic rings. The van der Waals surface area contributed by atoms with E-state index in [4.69, 9.17) is 27.9 Å². The highest BCUT2D eigenvalue weighted by atomic mass is 35.5. The largest absolute Gasteiger partial charge is 0.489 e. The molecule has 0 atom stereocenters. The lowest BCUT2D eigenvalue weighted by molar-refractivity contribution is -0.137. The molecule has 1 N–H and O–H groups in total. The first-order chi connectivity index (χ1) is 19.9. The van der Waals surface area contributed by atoms with Gasteiger partial charge < -0.3 is 4.74 Å². The summed E-state index contributed by atoms with van der Waals surface area (Å²) < 4.78 is 73.5. The van der Waals surface area contributed by atoms with E-state index in [2.05, 4.69) is 10.5 Å². The quantitative estimate of drug-likeness (QED) is 0.151. The third kappa shape index (κ3) is 7.81. The number of ether oxygens (including phenoxy) is 1. The molecule has 0 bridgehead atoms. The van der Waals surface area contributed by atoms with Gasteiger partial charge in [-0.25, -0.2) is 13.8 Å². The standard InChI is InChI=1S/C29H22Cl2F3N3O4S/c30-26-9-5-4-6-21(26)19-41-23-13-10-20(11-14-23)17-35-36-28(38)18-37(42(39,40)24-7-2-1-3-8-24)22-12-15-27(31)25(16-22)29(32,33)34/h1-17H,18-19H2,(H,36,38)/b35-17-. The Kier molecular flexibility index (Phi) is 9.77. The molecule has 0 spiro atoms. The second kappa shape index (κ2) is 13.3. The van der Waals surface area contributed by atoms with Gasteiger partial charge >= 0.3 is 6.18 Å². The number of nitrogens with one attached hydrogen (secondary N) is 1. The van der Waals surface area contributed by atoms with Crippen molar-refractivity contribution in [1.29, 1.82) is 0 Å². The number of hydrogen-bond donors (Lipinski definition) is 1. The maximum atomic E-state index is 13.5. The maximum absolute atomic E-state index is 13.5. The van der Waals surface area contributed by atoms with E-state index in [9.17, 15) is 26.4 Å². The number of nitrogens with zero attached hydrogens (tertiary/aromatic N) is 2. The number of rotatable bonds is 10. The number of carbonyl (C=O) groups is 1. The Morgan fingerprint density at radius 1 is 0.905 bits per heavy atom. The van der Waals surface area contributed by atoms with Crippen LogP contribution in [0.2, 0.25) is 10.0 Å². The number of amides is 1.